The Morgan fingerprint density at radius 1 is 1.00 bits per heavy atom. The molecule has 0 unspecified atom stereocenters. The fraction of sp³-hybridized carbons (Fsp3) is 0.304. The van der Waals surface area contributed by atoms with Crippen molar-refractivity contribution in [2.24, 2.45) is 0 Å². The number of aryl methyl sites for hydroxylation is 1. The predicted octanol–water partition coefficient (Wildman–Crippen LogP) is 3.41. The lowest BCUT2D eigenvalue weighted by Crippen LogP contribution is -2.28. The average Bonchev–Trinajstić information content (AvgIpc) is 3.17. The van der Waals surface area contributed by atoms with Crippen LogP contribution in [-0.2, 0) is 33.7 Å². The summed E-state index contributed by atoms with van der Waals surface area (Å²) >= 11 is 0. The fourth-order valence-electron chi connectivity index (χ4n) is 3.08. The van der Waals surface area contributed by atoms with Crippen LogP contribution in [0.4, 0.5) is 0 Å². The van der Waals surface area contributed by atoms with Gasteiger partial charge in [-0.3, -0.25) is 9.59 Å². The summed E-state index contributed by atoms with van der Waals surface area (Å²) in [5.41, 5.74) is 3.48. The lowest BCUT2D eigenvalue weighted by molar-refractivity contribution is -0.147. The second-order valence-corrected chi connectivity index (χ2v) is 6.75. The van der Waals surface area contributed by atoms with E-state index in [0.29, 0.717) is 11.5 Å². The molecule has 2 aromatic carbocycles. The molecule has 0 spiro atoms. The number of esters is 1. The van der Waals surface area contributed by atoms with Crippen molar-refractivity contribution >= 4 is 22.8 Å². The molecule has 1 aromatic heterocycles. The number of carbonyl (C=O) groups is 2. The first-order valence-electron chi connectivity index (χ1n) is 9.66. The maximum absolute atomic E-state index is 12.1. The number of hydrogen-bond donors (Lipinski definition) is 1. The van der Waals surface area contributed by atoms with Crippen molar-refractivity contribution in [1.82, 2.24) is 5.32 Å². The highest BCUT2D eigenvalue weighted by Crippen LogP contribution is 2.27. The highest BCUT2D eigenvalue weighted by Gasteiger charge is 2.13. The third kappa shape index (κ3) is 5.11. The second-order valence-electron chi connectivity index (χ2n) is 6.75. The molecule has 0 bridgehead atoms. The molecule has 7 nitrogen and oxygen atoms in total. The van der Waals surface area contributed by atoms with Crippen LogP contribution in [-0.4, -0.2) is 32.7 Å². The molecule has 1 amide bonds. The molecule has 0 aliphatic rings. The molecular formula is C23H25NO6. The van der Waals surface area contributed by atoms with Crippen LogP contribution in [0.1, 0.15) is 23.6 Å². The quantitative estimate of drug-likeness (QED) is 0.543. The van der Waals surface area contributed by atoms with Crippen LogP contribution in [0.5, 0.6) is 11.5 Å². The Morgan fingerprint density at radius 3 is 2.50 bits per heavy atom. The van der Waals surface area contributed by atoms with Gasteiger partial charge in [0.05, 0.1) is 26.9 Å². The van der Waals surface area contributed by atoms with E-state index in [-0.39, 0.29) is 25.5 Å². The zero-order chi connectivity index (χ0) is 21.5. The molecule has 1 N–H and O–H groups in total. The number of amides is 1. The Balaban J connectivity index is 1.48. The summed E-state index contributed by atoms with van der Waals surface area (Å²) in [5.74, 6) is 0.314. The van der Waals surface area contributed by atoms with Crippen molar-refractivity contribution in [3.63, 3.8) is 0 Å². The average molecular weight is 411 g/mol. The summed E-state index contributed by atoms with van der Waals surface area (Å²) in [6.07, 6.45) is 2.51. The van der Waals surface area contributed by atoms with Crippen LogP contribution in [0.3, 0.4) is 0 Å². The molecule has 3 aromatic rings. The van der Waals surface area contributed by atoms with Gasteiger partial charge in [-0.2, -0.15) is 0 Å². The maximum atomic E-state index is 12.1. The van der Waals surface area contributed by atoms with Crippen LogP contribution in [0.15, 0.2) is 47.1 Å². The number of ether oxygens (including phenoxy) is 3. The van der Waals surface area contributed by atoms with Crippen molar-refractivity contribution in [3.05, 3.63) is 59.4 Å². The van der Waals surface area contributed by atoms with Crippen LogP contribution < -0.4 is 14.8 Å². The number of hydrogen-bond acceptors (Lipinski definition) is 6. The van der Waals surface area contributed by atoms with E-state index >= 15 is 0 Å². The SMILES string of the molecule is CCc1ccc2c(CC(=O)OCC(=O)NCc3ccc(OC)c(OC)c3)coc2c1. The van der Waals surface area contributed by atoms with Crippen molar-refractivity contribution < 1.29 is 28.2 Å². The van der Waals surface area contributed by atoms with Crippen molar-refractivity contribution in [3.8, 4) is 11.5 Å². The van der Waals surface area contributed by atoms with Crippen LogP contribution in [0.2, 0.25) is 0 Å². The number of carbonyl (C=O) groups excluding carboxylic acids is 2. The van der Waals surface area contributed by atoms with E-state index < -0.39 is 5.97 Å². The topological polar surface area (TPSA) is 87.0 Å². The number of methoxy groups -OCH3 is 2. The minimum absolute atomic E-state index is 0.0431. The van der Waals surface area contributed by atoms with Gasteiger partial charge in [-0.1, -0.05) is 25.1 Å². The third-order valence-electron chi connectivity index (χ3n) is 4.77. The van der Waals surface area contributed by atoms with E-state index in [9.17, 15) is 9.59 Å². The monoisotopic (exact) mass is 411 g/mol. The Hall–Kier alpha value is -3.48. The van der Waals surface area contributed by atoms with E-state index in [2.05, 4.69) is 12.2 Å². The van der Waals surface area contributed by atoms with Gasteiger partial charge >= 0.3 is 5.97 Å². The molecule has 3 rings (SSSR count). The number of rotatable bonds is 9. The summed E-state index contributed by atoms with van der Waals surface area (Å²) in [6, 6.07) is 11.3. The Labute approximate surface area is 174 Å². The standard InChI is InChI=1S/C23H25NO6/c1-4-15-5-7-18-17(13-29-20(18)9-15)11-23(26)30-14-22(25)24-12-16-6-8-19(27-2)21(10-16)28-3/h5-10,13H,4,11-12,14H2,1-3H3,(H,24,25). The van der Waals surface area contributed by atoms with Gasteiger partial charge < -0.3 is 23.9 Å². The van der Waals surface area contributed by atoms with E-state index in [4.69, 9.17) is 18.6 Å². The molecule has 0 aliphatic carbocycles. The van der Waals surface area contributed by atoms with Gasteiger partial charge in [-0.15, -0.1) is 0 Å². The zero-order valence-corrected chi connectivity index (χ0v) is 17.3. The van der Waals surface area contributed by atoms with Gasteiger partial charge in [0.1, 0.15) is 5.58 Å². The summed E-state index contributed by atoms with van der Waals surface area (Å²) in [7, 11) is 3.11. The molecule has 0 aliphatic heterocycles. The van der Waals surface area contributed by atoms with Gasteiger partial charge in [0, 0.05) is 17.5 Å². The molecule has 0 fully saturated rings. The van der Waals surface area contributed by atoms with E-state index in [1.54, 1.807) is 32.6 Å². The van der Waals surface area contributed by atoms with Crippen molar-refractivity contribution in [2.75, 3.05) is 20.8 Å². The summed E-state index contributed by atoms with van der Waals surface area (Å²) < 4.78 is 21.1. The van der Waals surface area contributed by atoms with E-state index in [1.807, 2.05) is 24.3 Å². The first kappa shape index (κ1) is 21.2. The lowest BCUT2D eigenvalue weighted by Gasteiger charge is -2.10. The molecule has 0 saturated heterocycles. The van der Waals surface area contributed by atoms with Crippen LogP contribution in [0, 0.1) is 0 Å². The Kier molecular flexibility index (Phi) is 6.95. The summed E-state index contributed by atoms with van der Waals surface area (Å²) in [4.78, 5) is 24.2. The van der Waals surface area contributed by atoms with Gasteiger partial charge in [-0.25, -0.2) is 0 Å². The minimum atomic E-state index is -0.487. The Morgan fingerprint density at radius 2 is 1.77 bits per heavy atom. The number of fused-ring (bicyclic) bond motifs is 1. The lowest BCUT2D eigenvalue weighted by atomic mass is 10.1. The first-order valence-corrected chi connectivity index (χ1v) is 9.66. The molecule has 0 saturated carbocycles. The fourth-order valence-corrected chi connectivity index (χ4v) is 3.08. The second kappa shape index (κ2) is 9.82. The number of furan rings is 1. The van der Waals surface area contributed by atoms with Crippen molar-refractivity contribution in [2.45, 2.75) is 26.3 Å². The number of nitrogens with one attached hydrogen (secondary N) is 1. The summed E-state index contributed by atoms with van der Waals surface area (Å²) in [6.45, 7) is 2.00. The summed E-state index contributed by atoms with van der Waals surface area (Å²) in [5, 5.41) is 3.59. The minimum Gasteiger partial charge on any atom is -0.493 e. The highest BCUT2D eigenvalue weighted by atomic mass is 16.5. The van der Waals surface area contributed by atoms with E-state index in [0.717, 1.165) is 34.1 Å². The smallest absolute Gasteiger partial charge is 0.310 e. The van der Waals surface area contributed by atoms with Crippen molar-refractivity contribution in [1.29, 1.82) is 0 Å². The molecule has 1 heterocycles. The zero-order valence-electron chi connectivity index (χ0n) is 17.3. The maximum Gasteiger partial charge on any atom is 0.310 e. The third-order valence-corrected chi connectivity index (χ3v) is 4.77. The molecule has 0 radical (unpaired) electrons. The van der Waals surface area contributed by atoms with Crippen LogP contribution >= 0.6 is 0 Å². The van der Waals surface area contributed by atoms with E-state index in [1.165, 1.54) is 0 Å². The number of benzene rings is 2. The highest BCUT2D eigenvalue weighted by molar-refractivity contribution is 5.87. The Bertz CT molecular complexity index is 1040. The van der Waals surface area contributed by atoms with Crippen LogP contribution in [0.25, 0.3) is 11.0 Å². The molecule has 158 valence electrons. The molecule has 30 heavy (non-hydrogen) atoms. The molecular weight excluding hydrogens is 386 g/mol. The first-order chi connectivity index (χ1) is 14.5. The molecule has 0 atom stereocenters. The van der Waals surface area contributed by atoms with Gasteiger partial charge in [0.2, 0.25) is 0 Å². The molecule has 7 heteroatoms. The largest absolute Gasteiger partial charge is 0.493 e. The predicted molar refractivity (Wildman–Crippen MR) is 112 cm³/mol. The van der Waals surface area contributed by atoms with Gasteiger partial charge in [-0.05, 0) is 35.7 Å². The van der Waals surface area contributed by atoms with Gasteiger partial charge in [0.15, 0.2) is 18.1 Å². The van der Waals surface area contributed by atoms with Gasteiger partial charge in [0.25, 0.3) is 5.91 Å². The normalized spacial score (nSPS) is 10.6.